The molecule has 1 unspecified atom stereocenters. The van der Waals surface area contributed by atoms with E-state index in [1.54, 1.807) is 24.5 Å². The third-order valence-corrected chi connectivity index (χ3v) is 5.31. The van der Waals surface area contributed by atoms with Crippen molar-refractivity contribution in [2.75, 3.05) is 5.32 Å². The van der Waals surface area contributed by atoms with Gasteiger partial charge < -0.3 is 5.32 Å². The molecule has 146 valence electrons. The van der Waals surface area contributed by atoms with Crippen LogP contribution in [0.3, 0.4) is 0 Å². The van der Waals surface area contributed by atoms with Crippen LogP contribution >= 0.6 is 23.2 Å². The molecule has 0 spiro atoms. The minimum absolute atomic E-state index is 0.233. The van der Waals surface area contributed by atoms with Crippen molar-refractivity contribution in [3.63, 3.8) is 0 Å². The first-order chi connectivity index (χ1) is 14.0. The second kappa shape index (κ2) is 8.36. The Balaban J connectivity index is 1.88. The van der Waals surface area contributed by atoms with Crippen molar-refractivity contribution in [1.29, 1.82) is 0 Å². The summed E-state index contributed by atoms with van der Waals surface area (Å²) in [5, 5.41) is 4.07. The first-order valence-corrected chi connectivity index (χ1v) is 9.98. The predicted molar refractivity (Wildman–Crippen MR) is 118 cm³/mol. The normalized spacial score (nSPS) is 16.2. The Bertz CT molecular complexity index is 1110. The molecule has 2 aromatic carbocycles. The van der Waals surface area contributed by atoms with Crippen LogP contribution in [0.2, 0.25) is 10.0 Å². The quantitative estimate of drug-likeness (QED) is 0.482. The topological polar surface area (TPSA) is 37.3 Å². The molecule has 2 heterocycles. The predicted octanol–water partition coefficient (Wildman–Crippen LogP) is 6.93. The summed E-state index contributed by atoms with van der Waals surface area (Å²) in [6.07, 6.45) is 6.38. The van der Waals surface area contributed by atoms with Gasteiger partial charge in [0.15, 0.2) is 0 Å². The lowest BCUT2D eigenvalue weighted by Crippen LogP contribution is -2.19. The van der Waals surface area contributed by atoms with Crippen molar-refractivity contribution < 1.29 is 4.39 Å². The highest BCUT2D eigenvalue weighted by Crippen LogP contribution is 2.32. The molecule has 6 heteroatoms. The van der Waals surface area contributed by atoms with E-state index in [0.29, 0.717) is 15.9 Å². The maximum atomic E-state index is 14.5. The number of hydrogen-bond acceptors (Lipinski definition) is 3. The van der Waals surface area contributed by atoms with Crippen LogP contribution < -0.4 is 5.32 Å². The zero-order valence-corrected chi connectivity index (χ0v) is 17.2. The summed E-state index contributed by atoms with van der Waals surface area (Å²) >= 11 is 12.2. The van der Waals surface area contributed by atoms with Crippen LogP contribution in [0.15, 0.2) is 72.0 Å². The molecule has 1 N–H and O–H groups in total. The van der Waals surface area contributed by atoms with Crippen molar-refractivity contribution in [1.82, 2.24) is 4.98 Å². The van der Waals surface area contributed by atoms with Crippen LogP contribution in [0, 0.1) is 5.82 Å². The van der Waals surface area contributed by atoms with E-state index in [0.717, 1.165) is 28.8 Å². The highest BCUT2D eigenvalue weighted by atomic mass is 35.5. The Morgan fingerprint density at radius 2 is 1.86 bits per heavy atom. The van der Waals surface area contributed by atoms with E-state index in [1.165, 1.54) is 6.07 Å². The third kappa shape index (κ3) is 4.34. The summed E-state index contributed by atoms with van der Waals surface area (Å²) in [4.78, 5) is 9.05. The number of anilines is 1. The Kier molecular flexibility index (Phi) is 5.65. The van der Waals surface area contributed by atoms with Gasteiger partial charge in [-0.3, -0.25) is 4.98 Å². The number of amidine groups is 1. The molecule has 1 aliphatic heterocycles. The molecule has 0 saturated heterocycles. The summed E-state index contributed by atoms with van der Waals surface area (Å²) in [5.41, 5.74) is 3.89. The van der Waals surface area contributed by atoms with Gasteiger partial charge >= 0.3 is 0 Å². The van der Waals surface area contributed by atoms with E-state index in [-0.39, 0.29) is 11.6 Å². The van der Waals surface area contributed by atoms with Gasteiger partial charge in [-0.1, -0.05) is 42.3 Å². The van der Waals surface area contributed by atoms with E-state index in [2.05, 4.69) is 23.3 Å². The summed E-state index contributed by atoms with van der Waals surface area (Å²) < 4.78 is 14.5. The second-order valence-electron chi connectivity index (χ2n) is 6.91. The average Bonchev–Trinajstić information content (AvgIpc) is 2.71. The van der Waals surface area contributed by atoms with E-state index in [1.807, 2.05) is 30.3 Å². The van der Waals surface area contributed by atoms with Gasteiger partial charge in [0.2, 0.25) is 0 Å². The Hall–Kier alpha value is -2.69. The highest BCUT2D eigenvalue weighted by molar-refractivity contribution is 6.31. The number of benzene rings is 2. The molecule has 0 bridgehead atoms. The van der Waals surface area contributed by atoms with E-state index < -0.39 is 5.82 Å². The molecule has 0 amide bonds. The second-order valence-corrected chi connectivity index (χ2v) is 7.78. The largest absolute Gasteiger partial charge is 0.337 e. The van der Waals surface area contributed by atoms with Gasteiger partial charge in [-0.05, 0) is 60.4 Å². The van der Waals surface area contributed by atoms with Crippen LogP contribution in [-0.4, -0.2) is 10.8 Å². The fraction of sp³-hybridized carbons (Fsp3) is 0.130. The van der Waals surface area contributed by atoms with Crippen LogP contribution in [0.4, 0.5) is 10.1 Å². The highest BCUT2D eigenvalue weighted by Gasteiger charge is 2.20. The van der Waals surface area contributed by atoms with Gasteiger partial charge in [0.05, 0.1) is 11.4 Å². The summed E-state index contributed by atoms with van der Waals surface area (Å²) in [6, 6.07) is 14.0. The Morgan fingerprint density at radius 3 is 2.62 bits per heavy atom. The first kappa shape index (κ1) is 19.6. The molecule has 3 nitrogen and oxygen atoms in total. The third-order valence-electron chi connectivity index (χ3n) is 4.84. The van der Waals surface area contributed by atoms with E-state index in [9.17, 15) is 4.39 Å². The number of halogens is 3. The number of hydrogen-bond donors (Lipinski definition) is 1. The lowest BCUT2D eigenvalue weighted by atomic mass is 9.90. The van der Waals surface area contributed by atoms with Gasteiger partial charge in [0.25, 0.3) is 0 Å². The Morgan fingerprint density at radius 1 is 1.07 bits per heavy atom. The number of fused-ring (bicyclic) bond motifs is 1. The van der Waals surface area contributed by atoms with Gasteiger partial charge in [0.1, 0.15) is 11.7 Å². The molecule has 1 aliphatic rings. The Labute approximate surface area is 178 Å². The van der Waals surface area contributed by atoms with Gasteiger partial charge in [0, 0.05) is 33.6 Å². The number of nitrogens with one attached hydrogen (secondary N) is 1. The van der Waals surface area contributed by atoms with Gasteiger partial charge in [-0.2, -0.15) is 0 Å². The molecule has 29 heavy (non-hydrogen) atoms. The summed E-state index contributed by atoms with van der Waals surface area (Å²) in [6.45, 7) is 2.15. The molecule has 1 atom stereocenters. The minimum atomic E-state index is -0.453. The molecular weight excluding hydrogens is 408 g/mol. The SMILES string of the molecule is CC1CC=C(c2cccnc2)N=C(Nc2ccc(Cl)cc2F)c2cc(Cl)ccc21. The molecule has 0 fully saturated rings. The fourth-order valence-electron chi connectivity index (χ4n) is 3.32. The lowest BCUT2D eigenvalue weighted by molar-refractivity contribution is 0.632. The standard InChI is InChI=1S/C23H18Cl2FN3/c1-14-4-8-21(15-3-2-10-27-13-15)28-23(19-11-16(24)5-7-18(14)19)29-22-9-6-17(25)12-20(22)26/h2-3,5-14H,4H2,1H3,(H,28,29). The maximum Gasteiger partial charge on any atom is 0.148 e. The fourth-order valence-corrected chi connectivity index (χ4v) is 3.65. The number of allylic oxidation sites excluding steroid dienone is 1. The van der Waals surface area contributed by atoms with Crippen LogP contribution in [0.25, 0.3) is 5.70 Å². The molecule has 0 radical (unpaired) electrons. The number of rotatable bonds is 2. The summed E-state index contributed by atoms with van der Waals surface area (Å²) in [7, 11) is 0. The van der Waals surface area contributed by atoms with E-state index in [4.69, 9.17) is 28.2 Å². The molecule has 3 aromatic rings. The number of aliphatic imine (C=N–C) groups is 1. The number of nitrogens with zero attached hydrogens (tertiary/aromatic N) is 2. The zero-order chi connectivity index (χ0) is 20.4. The van der Waals surface area contributed by atoms with Crippen molar-refractivity contribution in [3.05, 3.63) is 99.6 Å². The molecule has 0 saturated carbocycles. The average molecular weight is 426 g/mol. The van der Waals surface area contributed by atoms with Gasteiger partial charge in [-0.25, -0.2) is 9.38 Å². The van der Waals surface area contributed by atoms with Crippen molar-refractivity contribution >= 4 is 40.4 Å². The van der Waals surface area contributed by atoms with Crippen LogP contribution in [0.1, 0.15) is 36.0 Å². The van der Waals surface area contributed by atoms with E-state index >= 15 is 0 Å². The lowest BCUT2D eigenvalue weighted by Gasteiger charge is -2.22. The monoisotopic (exact) mass is 425 g/mol. The number of aromatic nitrogens is 1. The summed E-state index contributed by atoms with van der Waals surface area (Å²) in [5.74, 6) is 0.299. The smallest absolute Gasteiger partial charge is 0.148 e. The zero-order valence-electron chi connectivity index (χ0n) is 15.7. The van der Waals surface area contributed by atoms with Crippen LogP contribution in [0.5, 0.6) is 0 Å². The number of pyridine rings is 1. The minimum Gasteiger partial charge on any atom is -0.337 e. The molecule has 4 rings (SSSR count). The van der Waals surface area contributed by atoms with Crippen molar-refractivity contribution in [2.45, 2.75) is 19.3 Å². The molecule has 0 aliphatic carbocycles. The van der Waals surface area contributed by atoms with Crippen LogP contribution in [-0.2, 0) is 0 Å². The van der Waals surface area contributed by atoms with Crippen molar-refractivity contribution in [3.8, 4) is 0 Å². The van der Waals surface area contributed by atoms with Crippen molar-refractivity contribution in [2.24, 2.45) is 4.99 Å². The first-order valence-electron chi connectivity index (χ1n) is 9.22. The maximum absolute atomic E-state index is 14.5. The molecule has 1 aromatic heterocycles. The molecular formula is C23H18Cl2FN3. The van der Waals surface area contributed by atoms with Gasteiger partial charge in [-0.15, -0.1) is 0 Å².